The summed E-state index contributed by atoms with van der Waals surface area (Å²) in [6.07, 6.45) is 1.98. The van der Waals surface area contributed by atoms with Crippen molar-refractivity contribution in [3.63, 3.8) is 0 Å². The molecule has 2 N–H and O–H groups in total. The summed E-state index contributed by atoms with van der Waals surface area (Å²) in [7, 11) is 0. The number of hydrogen-bond donors (Lipinski definition) is 2. The molecule has 23 heavy (non-hydrogen) atoms. The van der Waals surface area contributed by atoms with Crippen molar-refractivity contribution in [1.29, 1.82) is 0 Å². The monoisotopic (exact) mass is 374 g/mol. The van der Waals surface area contributed by atoms with E-state index in [1.807, 2.05) is 6.07 Å². The average molecular weight is 375 g/mol. The Morgan fingerprint density at radius 1 is 1.00 bits per heavy atom. The molecule has 2 aromatic rings. The van der Waals surface area contributed by atoms with Gasteiger partial charge in [0.2, 0.25) is 0 Å². The second-order valence-corrected chi connectivity index (χ2v) is 6.07. The molecule has 0 bridgehead atoms. The van der Waals surface area contributed by atoms with E-state index >= 15 is 0 Å². The minimum Gasteiger partial charge on any atom is -0.352 e. The van der Waals surface area contributed by atoms with E-state index in [1.165, 1.54) is 0 Å². The van der Waals surface area contributed by atoms with Crippen LogP contribution in [0.3, 0.4) is 0 Å². The number of carbonyl (C=O) groups is 2. The number of benzene rings is 2. The summed E-state index contributed by atoms with van der Waals surface area (Å²) in [5.74, 6) is -0.341. The Morgan fingerprint density at radius 2 is 1.70 bits per heavy atom. The summed E-state index contributed by atoms with van der Waals surface area (Å²) in [6.45, 7) is 2.73. The summed E-state index contributed by atoms with van der Waals surface area (Å²) >= 11 is 3.34. The zero-order chi connectivity index (χ0) is 16.7. The van der Waals surface area contributed by atoms with E-state index in [1.54, 1.807) is 42.5 Å². The van der Waals surface area contributed by atoms with Crippen molar-refractivity contribution in [2.45, 2.75) is 19.8 Å². The van der Waals surface area contributed by atoms with Gasteiger partial charge in [0.1, 0.15) is 0 Å². The summed E-state index contributed by atoms with van der Waals surface area (Å²) in [4.78, 5) is 24.3. The minimum atomic E-state index is -0.213. The summed E-state index contributed by atoms with van der Waals surface area (Å²) < 4.78 is 0.842. The molecule has 0 aliphatic carbocycles. The van der Waals surface area contributed by atoms with Gasteiger partial charge in [0, 0.05) is 27.8 Å². The Kier molecular flexibility index (Phi) is 6.35. The highest BCUT2D eigenvalue weighted by molar-refractivity contribution is 9.10. The van der Waals surface area contributed by atoms with E-state index in [2.05, 4.69) is 33.5 Å². The van der Waals surface area contributed by atoms with E-state index in [0.717, 1.165) is 17.3 Å². The molecule has 0 aliphatic heterocycles. The third kappa shape index (κ3) is 5.21. The smallest absolute Gasteiger partial charge is 0.255 e. The predicted molar refractivity (Wildman–Crippen MR) is 95.8 cm³/mol. The van der Waals surface area contributed by atoms with Gasteiger partial charge in [-0.05, 0) is 42.8 Å². The van der Waals surface area contributed by atoms with Gasteiger partial charge >= 0.3 is 0 Å². The zero-order valence-electron chi connectivity index (χ0n) is 12.9. The first-order chi connectivity index (χ1) is 11.1. The first-order valence-corrected chi connectivity index (χ1v) is 8.34. The van der Waals surface area contributed by atoms with Gasteiger partial charge in [-0.2, -0.15) is 0 Å². The molecular weight excluding hydrogens is 356 g/mol. The molecule has 0 atom stereocenters. The highest BCUT2D eigenvalue weighted by Crippen LogP contribution is 2.15. The molecule has 0 unspecified atom stereocenters. The lowest BCUT2D eigenvalue weighted by molar-refractivity contribution is 0.0951. The first kappa shape index (κ1) is 17.2. The molecule has 0 radical (unpaired) electrons. The molecule has 0 spiro atoms. The van der Waals surface area contributed by atoms with Crippen LogP contribution >= 0.6 is 15.9 Å². The molecule has 0 saturated heterocycles. The van der Waals surface area contributed by atoms with Crippen LogP contribution in [0.5, 0.6) is 0 Å². The number of nitrogens with one attached hydrogen (secondary N) is 2. The lowest BCUT2D eigenvalue weighted by Crippen LogP contribution is -2.24. The molecular formula is C18H19BrN2O2. The van der Waals surface area contributed by atoms with Crippen molar-refractivity contribution in [2.24, 2.45) is 0 Å². The zero-order valence-corrected chi connectivity index (χ0v) is 14.5. The summed E-state index contributed by atoms with van der Waals surface area (Å²) in [5.41, 5.74) is 1.68. The standard InChI is InChI=1S/C18H19BrN2O2/c1-2-3-10-20-17(22)14-7-5-9-16(12-14)21-18(23)13-6-4-8-15(19)11-13/h4-9,11-12H,2-3,10H2,1H3,(H,20,22)(H,21,23). The number of rotatable bonds is 6. The fraction of sp³-hybridized carbons (Fsp3) is 0.222. The maximum atomic E-state index is 12.2. The molecule has 0 saturated carbocycles. The van der Waals surface area contributed by atoms with Crippen LogP contribution in [-0.4, -0.2) is 18.4 Å². The lowest BCUT2D eigenvalue weighted by Gasteiger charge is -2.08. The predicted octanol–water partition coefficient (Wildman–Crippen LogP) is 4.23. The van der Waals surface area contributed by atoms with Crippen molar-refractivity contribution in [2.75, 3.05) is 11.9 Å². The Hall–Kier alpha value is -2.14. The Morgan fingerprint density at radius 3 is 2.39 bits per heavy atom. The van der Waals surface area contributed by atoms with Crippen LogP contribution in [0.25, 0.3) is 0 Å². The molecule has 5 heteroatoms. The van der Waals surface area contributed by atoms with E-state index < -0.39 is 0 Å². The van der Waals surface area contributed by atoms with Gasteiger partial charge in [-0.15, -0.1) is 0 Å². The van der Waals surface area contributed by atoms with Crippen LogP contribution < -0.4 is 10.6 Å². The molecule has 0 fully saturated rings. The molecule has 0 aromatic heterocycles. The Labute approximate surface area is 144 Å². The van der Waals surface area contributed by atoms with E-state index in [4.69, 9.17) is 0 Å². The minimum absolute atomic E-state index is 0.128. The SMILES string of the molecule is CCCCNC(=O)c1cccc(NC(=O)c2cccc(Br)c2)c1. The number of unbranched alkanes of at least 4 members (excludes halogenated alkanes) is 1. The van der Waals surface area contributed by atoms with Crippen LogP contribution in [0.15, 0.2) is 53.0 Å². The third-order valence-electron chi connectivity index (χ3n) is 3.29. The van der Waals surface area contributed by atoms with Gasteiger partial charge in [0.25, 0.3) is 11.8 Å². The second-order valence-electron chi connectivity index (χ2n) is 5.15. The highest BCUT2D eigenvalue weighted by atomic mass is 79.9. The van der Waals surface area contributed by atoms with Crippen molar-refractivity contribution < 1.29 is 9.59 Å². The topological polar surface area (TPSA) is 58.2 Å². The first-order valence-electron chi connectivity index (χ1n) is 7.55. The second kappa shape index (κ2) is 8.48. The van der Waals surface area contributed by atoms with Crippen molar-refractivity contribution in [1.82, 2.24) is 5.32 Å². The van der Waals surface area contributed by atoms with Crippen molar-refractivity contribution >= 4 is 33.4 Å². The van der Waals surface area contributed by atoms with Crippen molar-refractivity contribution in [3.05, 3.63) is 64.1 Å². The molecule has 2 aromatic carbocycles. The fourth-order valence-electron chi connectivity index (χ4n) is 2.05. The quantitative estimate of drug-likeness (QED) is 0.743. The molecule has 0 aliphatic rings. The third-order valence-corrected chi connectivity index (χ3v) is 3.78. The van der Waals surface area contributed by atoms with Gasteiger partial charge in [-0.25, -0.2) is 0 Å². The van der Waals surface area contributed by atoms with Crippen LogP contribution in [0.1, 0.15) is 40.5 Å². The largest absolute Gasteiger partial charge is 0.352 e. The molecule has 2 rings (SSSR count). The fourth-order valence-corrected chi connectivity index (χ4v) is 2.45. The Bertz CT molecular complexity index is 701. The maximum absolute atomic E-state index is 12.2. The van der Waals surface area contributed by atoms with E-state index in [0.29, 0.717) is 23.4 Å². The van der Waals surface area contributed by atoms with E-state index in [9.17, 15) is 9.59 Å². The van der Waals surface area contributed by atoms with E-state index in [-0.39, 0.29) is 11.8 Å². The number of anilines is 1. The average Bonchev–Trinajstić information content (AvgIpc) is 2.55. The number of carbonyl (C=O) groups excluding carboxylic acids is 2. The Balaban J connectivity index is 2.05. The van der Waals surface area contributed by atoms with Gasteiger partial charge < -0.3 is 10.6 Å². The summed E-state index contributed by atoms with van der Waals surface area (Å²) in [5, 5.41) is 5.67. The van der Waals surface area contributed by atoms with Gasteiger partial charge in [-0.3, -0.25) is 9.59 Å². The van der Waals surface area contributed by atoms with Gasteiger partial charge in [0.15, 0.2) is 0 Å². The van der Waals surface area contributed by atoms with Crippen LogP contribution in [0.2, 0.25) is 0 Å². The van der Waals surface area contributed by atoms with Crippen LogP contribution in [-0.2, 0) is 0 Å². The van der Waals surface area contributed by atoms with Gasteiger partial charge in [0.05, 0.1) is 0 Å². The lowest BCUT2D eigenvalue weighted by atomic mass is 10.1. The van der Waals surface area contributed by atoms with Crippen molar-refractivity contribution in [3.8, 4) is 0 Å². The summed E-state index contributed by atoms with van der Waals surface area (Å²) in [6, 6.07) is 14.1. The normalized spacial score (nSPS) is 10.2. The molecule has 0 heterocycles. The number of amides is 2. The number of halogens is 1. The molecule has 2 amide bonds. The maximum Gasteiger partial charge on any atom is 0.255 e. The van der Waals surface area contributed by atoms with Crippen LogP contribution in [0, 0.1) is 0 Å². The molecule has 4 nitrogen and oxygen atoms in total. The highest BCUT2D eigenvalue weighted by Gasteiger charge is 2.09. The number of hydrogen-bond acceptors (Lipinski definition) is 2. The molecule has 120 valence electrons. The van der Waals surface area contributed by atoms with Crippen LogP contribution in [0.4, 0.5) is 5.69 Å². The van der Waals surface area contributed by atoms with Gasteiger partial charge in [-0.1, -0.05) is 41.4 Å².